The standard InChI is InChI=1S/C18H13ClN2O3/c1-24-18(23)15-4-2-3-5-16(15)21-17(22)13(11-20)10-12-6-8-14(19)9-7-12/h2-10H,1H3,(H,21,22)/b13-10+. The number of halogens is 1. The molecule has 0 aromatic heterocycles. The lowest BCUT2D eigenvalue weighted by Gasteiger charge is -2.09. The van der Waals surface area contributed by atoms with Crippen LogP contribution in [0.25, 0.3) is 6.08 Å². The molecule has 1 amide bonds. The minimum Gasteiger partial charge on any atom is -0.465 e. The molecule has 0 aliphatic rings. The molecule has 5 nitrogen and oxygen atoms in total. The van der Waals surface area contributed by atoms with E-state index in [1.165, 1.54) is 19.3 Å². The third-order valence-electron chi connectivity index (χ3n) is 3.13. The highest BCUT2D eigenvalue weighted by molar-refractivity contribution is 6.30. The van der Waals surface area contributed by atoms with Gasteiger partial charge in [0.15, 0.2) is 0 Å². The molecule has 0 bridgehead atoms. The minimum atomic E-state index is -0.621. The Morgan fingerprint density at radius 1 is 1.17 bits per heavy atom. The number of rotatable bonds is 4. The summed E-state index contributed by atoms with van der Waals surface area (Å²) in [6.45, 7) is 0. The fraction of sp³-hybridized carbons (Fsp3) is 0.0556. The van der Waals surface area contributed by atoms with Crippen LogP contribution in [-0.2, 0) is 9.53 Å². The molecule has 2 rings (SSSR count). The summed E-state index contributed by atoms with van der Waals surface area (Å²) in [6.07, 6.45) is 1.44. The Hall–Kier alpha value is -3.10. The van der Waals surface area contributed by atoms with Crippen molar-refractivity contribution in [2.45, 2.75) is 0 Å². The Labute approximate surface area is 144 Å². The molecule has 2 aromatic carbocycles. The van der Waals surface area contributed by atoms with Gasteiger partial charge in [-0.3, -0.25) is 4.79 Å². The van der Waals surface area contributed by atoms with Crippen LogP contribution < -0.4 is 5.32 Å². The number of benzene rings is 2. The highest BCUT2D eigenvalue weighted by Gasteiger charge is 2.15. The number of carbonyl (C=O) groups excluding carboxylic acids is 2. The maximum absolute atomic E-state index is 12.3. The number of anilines is 1. The quantitative estimate of drug-likeness (QED) is 0.523. The van der Waals surface area contributed by atoms with Crippen LogP contribution >= 0.6 is 11.6 Å². The minimum absolute atomic E-state index is 0.100. The molecule has 24 heavy (non-hydrogen) atoms. The zero-order chi connectivity index (χ0) is 17.5. The zero-order valence-corrected chi connectivity index (χ0v) is 13.5. The van der Waals surface area contributed by atoms with Crippen molar-refractivity contribution >= 4 is 35.2 Å². The molecule has 0 fully saturated rings. The van der Waals surface area contributed by atoms with Gasteiger partial charge in [-0.05, 0) is 35.9 Å². The van der Waals surface area contributed by atoms with Gasteiger partial charge in [0.1, 0.15) is 11.6 Å². The van der Waals surface area contributed by atoms with Gasteiger partial charge in [0.2, 0.25) is 0 Å². The van der Waals surface area contributed by atoms with E-state index in [1.54, 1.807) is 42.5 Å². The first-order chi connectivity index (χ1) is 11.5. The summed E-state index contributed by atoms with van der Waals surface area (Å²) in [5.41, 5.74) is 1.04. The highest BCUT2D eigenvalue weighted by Crippen LogP contribution is 2.18. The molecule has 6 heteroatoms. The van der Waals surface area contributed by atoms with Gasteiger partial charge in [-0.2, -0.15) is 5.26 Å². The number of esters is 1. The number of nitriles is 1. The second-order valence-corrected chi connectivity index (χ2v) is 5.15. The van der Waals surface area contributed by atoms with E-state index in [-0.39, 0.29) is 16.8 Å². The van der Waals surface area contributed by atoms with Gasteiger partial charge in [0, 0.05) is 5.02 Å². The Balaban J connectivity index is 2.26. The van der Waals surface area contributed by atoms with Crippen LogP contribution in [0, 0.1) is 11.3 Å². The van der Waals surface area contributed by atoms with E-state index in [0.717, 1.165) is 0 Å². The lowest BCUT2D eigenvalue weighted by molar-refractivity contribution is -0.112. The first-order valence-corrected chi connectivity index (χ1v) is 7.29. The fourth-order valence-corrected chi connectivity index (χ4v) is 2.07. The number of hydrogen-bond donors (Lipinski definition) is 1. The van der Waals surface area contributed by atoms with E-state index in [0.29, 0.717) is 10.6 Å². The summed E-state index contributed by atoms with van der Waals surface area (Å²) in [5, 5.41) is 12.3. The highest BCUT2D eigenvalue weighted by atomic mass is 35.5. The number of carbonyl (C=O) groups is 2. The maximum atomic E-state index is 12.3. The third-order valence-corrected chi connectivity index (χ3v) is 3.38. The third kappa shape index (κ3) is 4.22. The van der Waals surface area contributed by atoms with Gasteiger partial charge in [0.05, 0.1) is 18.4 Å². The average Bonchev–Trinajstić information content (AvgIpc) is 2.61. The van der Waals surface area contributed by atoms with E-state index in [4.69, 9.17) is 11.6 Å². The van der Waals surface area contributed by atoms with Gasteiger partial charge in [-0.25, -0.2) is 4.79 Å². The predicted molar refractivity (Wildman–Crippen MR) is 91.5 cm³/mol. The topological polar surface area (TPSA) is 79.2 Å². The second kappa shape index (κ2) is 7.95. The summed E-state index contributed by atoms with van der Waals surface area (Å²) in [5.74, 6) is -1.20. The van der Waals surface area contributed by atoms with Gasteiger partial charge >= 0.3 is 5.97 Å². The molecule has 0 heterocycles. The number of amides is 1. The molecule has 0 aliphatic heterocycles. The van der Waals surface area contributed by atoms with Crippen LogP contribution in [0.2, 0.25) is 5.02 Å². The van der Waals surface area contributed by atoms with Gasteiger partial charge in [0.25, 0.3) is 5.91 Å². The van der Waals surface area contributed by atoms with Crippen molar-refractivity contribution in [3.63, 3.8) is 0 Å². The number of methoxy groups -OCH3 is 1. The van der Waals surface area contributed by atoms with Crippen LogP contribution in [0.15, 0.2) is 54.1 Å². The van der Waals surface area contributed by atoms with Crippen LogP contribution in [-0.4, -0.2) is 19.0 Å². The van der Waals surface area contributed by atoms with Gasteiger partial charge in [-0.15, -0.1) is 0 Å². The van der Waals surface area contributed by atoms with Crippen molar-refractivity contribution in [2.75, 3.05) is 12.4 Å². The number of nitrogens with zero attached hydrogens (tertiary/aromatic N) is 1. The van der Waals surface area contributed by atoms with Crippen LogP contribution in [0.5, 0.6) is 0 Å². The van der Waals surface area contributed by atoms with E-state index in [1.807, 2.05) is 6.07 Å². The van der Waals surface area contributed by atoms with Crippen LogP contribution in [0.4, 0.5) is 5.69 Å². The Morgan fingerprint density at radius 3 is 2.46 bits per heavy atom. The van der Waals surface area contributed by atoms with Gasteiger partial charge in [-0.1, -0.05) is 35.9 Å². The maximum Gasteiger partial charge on any atom is 0.339 e. The Bertz CT molecular complexity index is 836. The van der Waals surface area contributed by atoms with E-state index >= 15 is 0 Å². The number of para-hydroxylation sites is 1. The number of hydrogen-bond acceptors (Lipinski definition) is 4. The molecule has 0 atom stereocenters. The Kier molecular flexibility index (Phi) is 5.72. The molecule has 0 spiro atoms. The summed E-state index contributed by atoms with van der Waals surface area (Å²) in [7, 11) is 1.25. The van der Waals surface area contributed by atoms with E-state index < -0.39 is 11.9 Å². The number of ether oxygens (including phenoxy) is 1. The molecular formula is C18H13ClN2O3. The molecule has 120 valence electrons. The van der Waals surface area contributed by atoms with Crippen molar-refractivity contribution < 1.29 is 14.3 Å². The van der Waals surface area contributed by atoms with Crippen molar-refractivity contribution in [1.29, 1.82) is 5.26 Å². The van der Waals surface area contributed by atoms with Crippen molar-refractivity contribution in [3.05, 3.63) is 70.3 Å². The second-order valence-electron chi connectivity index (χ2n) is 4.71. The van der Waals surface area contributed by atoms with E-state index in [9.17, 15) is 14.9 Å². The summed E-state index contributed by atoms with van der Waals surface area (Å²) in [4.78, 5) is 24.0. The summed E-state index contributed by atoms with van der Waals surface area (Å²) >= 11 is 5.80. The zero-order valence-electron chi connectivity index (χ0n) is 12.7. The Morgan fingerprint density at radius 2 is 1.83 bits per heavy atom. The largest absolute Gasteiger partial charge is 0.465 e. The van der Waals surface area contributed by atoms with Gasteiger partial charge < -0.3 is 10.1 Å². The molecule has 2 aromatic rings. The van der Waals surface area contributed by atoms with E-state index in [2.05, 4.69) is 10.1 Å². The molecule has 0 aliphatic carbocycles. The monoisotopic (exact) mass is 340 g/mol. The molecule has 0 saturated carbocycles. The normalized spacial score (nSPS) is 10.6. The first kappa shape index (κ1) is 17.3. The predicted octanol–water partition coefficient (Wildman–Crippen LogP) is 3.67. The number of nitrogens with one attached hydrogen (secondary N) is 1. The molecule has 0 unspecified atom stereocenters. The summed E-state index contributed by atoms with van der Waals surface area (Å²) in [6, 6.07) is 14.9. The lowest BCUT2D eigenvalue weighted by Crippen LogP contribution is -2.16. The van der Waals surface area contributed by atoms with Crippen molar-refractivity contribution in [3.8, 4) is 6.07 Å². The molecule has 1 N–H and O–H groups in total. The molecule has 0 saturated heterocycles. The molecular weight excluding hydrogens is 328 g/mol. The smallest absolute Gasteiger partial charge is 0.339 e. The van der Waals surface area contributed by atoms with Crippen molar-refractivity contribution in [2.24, 2.45) is 0 Å². The van der Waals surface area contributed by atoms with Crippen molar-refractivity contribution in [1.82, 2.24) is 0 Å². The first-order valence-electron chi connectivity index (χ1n) is 6.91. The lowest BCUT2D eigenvalue weighted by atomic mass is 10.1. The SMILES string of the molecule is COC(=O)c1ccccc1NC(=O)/C(C#N)=C/c1ccc(Cl)cc1. The average molecular weight is 341 g/mol. The fourth-order valence-electron chi connectivity index (χ4n) is 1.94. The summed E-state index contributed by atoms with van der Waals surface area (Å²) < 4.78 is 4.67. The molecule has 0 radical (unpaired) electrons. The van der Waals surface area contributed by atoms with Crippen LogP contribution in [0.1, 0.15) is 15.9 Å². The van der Waals surface area contributed by atoms with Crippen LogP contribution in [0.3, 0.4) is 0 Å².